The van der Waals surface area contributed by atoms with Gasteiger partial charge in [-0.15, -0.1) is 0 Å². The van der Waals surface area contributed by atoms with Gasteiger partial charge in [-0.25, -0.2) is 9.55 Å². The number of carbonyl (C=O) groups is 1. The van der Waals surface area contributed by atoms with Gasteiger partial charge in [0.25, 0.3) is 0 Å². The van der Waals surface area contributed by atoms with Crippen molar-refractivity contribution in [1.82, 2.24) is 24.6 Å². The van der Waals surface area contributed by atoms with Crippen LogP contribution in [-0.2, 0) is 23.4 Å². The Morgan fingerprint density at radius 3 is 2.50 bits per heavy atom. The van der Waals surface area contributed by atoms with Crippen LogP contribution in [-0.4, -0.2) is 79.4 Å². The van der Waals surface area contributed by atoms with Gasteiger partial charge in [0.15, 0.2) is 17.4 Å². The SMILES string of the molecule is C[C@H]1NP(=O)(Oc2ccccc2)OC[C@H]2O[C@@H](n3cnc4c(nc(N)nc43)OCCCCCCCCOC1=O)[C@](C)(O)[C@@H]2O. The Labute approximate surface area is 254 Å². The van der Waals surface area contributed by atoms with Gasteiger partial charge in [-0.05, 0) is 38.8 Å². The molecule has 4 heterocycles. The number of nitrogens with one attached hydrogen (secondary N) is 1. The van der Waals surface area contributed by atoms with E-state index in [1.807, 2.05) is 0 Å². The van der Waals surface area contributed by atoms with Crippen molar-refractivity contribution < 1.29 is 42.8 Å². The van der Waals surface area contributed by atoms with Gasteiger partial charge in [-0.1, -0.05) is 43.9 Å². The van der Waals surface area contributed by atoms with E-state index in [1.54, 1.807) is 30.3 Å². The van der Waals surface area contributed by atoms with E-state index >= 15 is 0 Å². The minimum absolute atomic E-state index is 0.0613. The van der Waals surface area contributed by atoms with E-state index in [4.69, 9.17) is 29.0 Å². The summed E-state index contributed by atoms with van der Waals surface area (Å²) in [4.78, 5) is 25.6. The predicted octanol–water partition coefficient (Wildman–Crippen LogP) is 2.88. The van der Waals surface area contributed by atoms with E-state index in [0.29, 0.717) is 18.5 Å². The average Bonchev–Trinajstić information content (AvgIpc) is 3.50. The van der Waals surface area contributed by atoms with Gasteiger partial charge in [-0.2, -0.15) is 15.1 Å². The van der Waals surface area contributed by atoms with Crippen LogP contribution in [0.5, 0.6) is 11.6 Å². The Morgan fingerprint density at radius 1 is 1.09 bits per heavy atom. The van der Waals surface area contributed by atoms with Gasteiger partial charge in [0.1, 0.15) is 29.6 Å². The number of aromatic nitrogens is 4. The Balaban J connectivity index is 1.43. The number of imidazole rings is 1. The molecule has 5 rings (SSSR count). The molecule has 0 spiro atoms. The summed E-state index contributed by atoms with van der Waals surface area (Å²) >= 11 is 0. The minimum atomic E-state index is -4.25. The summed E-state index contributed by atoms with van der Waals surface area (Å²) in [6, 6.07) is 7.24. The lowest BCUT2D eigenvalue weighted by Gasteiger charge is -2.27. The second kappa shape index (κ2) is 13.8. The van der Waals surface area contributed by atoms with Crippen molar-refractivity contribution in [1.29, 1.82) is 0 Å². The third kappa shape index (κ3) is 7.31. The van der Waals surface area contributed by atoms with Crippen LogP contribution in [0.15, 0.2) is 36.7 Å². The lowest BCUT2D eigenvalue weighted by Crippen LogP contribution is -2.44. The van der Waals surface area contributed by atoms with Crippen LogP contribution in [0.1, 0.15) is 58.6 Å². The van der Waals surface area contributed by atoms with Gasteiger partial charge >= 0.3 is 13.7 Å². The van der Waals surface area contributed by atoms with E-state index in [-0.39, 0.29) is 29.8 Å². The van der Waals surface area contributed by atoms with Crippen LogP contribution >= 0.6 is 7.75 Å². The van der Waals surface area contributed by atoms with Crippen LogP contribution < -0.4 is 20.1 Å². The number of carbonyl (C=O) groups excluding carboxylic acids is 1. The van der Waals surface area contributed by atoms with Gasteiger partial charge < -0.3 is 34.7 Å². The summed E-state index contributed by atoms with van der Waals surface area (Å²) < 4.78 is 44.1. The fraction of sp³-hybridized carbons (Fsp3) is 0.571. The molecule has 44 heavy (non-hydrogen) atoms. The number of rotatable bonds is 2. The molecule has 2 aromatic heterocycles. The third-order valence-corrected chi connectivity index (χ3v) is 9.16. The molecule has 0 aliphatic carbocycles. The molecule has 1 unspecified atom stereocenters. The van der Waals surface area contributed by atoms with Crippen molar-refractivity contribution in [2.75, 3.05) is 25.6 Å². The number of para-hydroxylation sites is 1. The second-order valence-electron chi connectivity index (χ2n) is 11.1. The Kier molecular flexibility index (Phi) is 10.0. The first-order chi connectivity index (χ1) is 21.1. The highest BCUT2D eigenvalue weighted by molar-refractivity contribution is 7.52. The van der Waals surface area contributed by atoms with Crippen molar-refractivity contribution in [2.45, 2.75) is 82.5 Å². The number of cyclic esters (lactones) is 1. The maximum atomic E-state index is 13.9. The van der Waals surface area contributed by atoms with Crippen LogP contribution in [0.3, 0.4) is 0 Å². The largest absolute Gasteiger partial charge is 0.476 e. The average molecular weight is 635 g/mol. The molecule has 6 bridgehead atoms. The summed E-state index contributed by atoms with van der Waals surface area (Å²) in [5.41, 5.74) is 4.66. The number of nitrogen functional groups attached to an aromatic ring is 1. The Morgan fingerprint density at radius 2 is 1.77 bits per heavy atom. The summed E-state index contributed by atoms with van der Waals surface area (Å²) in [5.74, 6) is -0.260. The van der Waals surface area contributed by atoms with Gasteiger partial charge in [0, 0.05) is 0 Å². The number of hydrogen-bond acceptors (Lipinski definition) is 13. The van der Waals surface area contributed by atoms with E-state index in [9.17, 15) is 19.6 Å². The molecule has 2 aliphatic heterocycles. The first-order valence-electron chi connectivity index (χ1n) is 14.7. The van der Waals surface area contributed by atoms with Crippen molar-refractivity contribution in [3.63, 3.8) is 0 Å². The summed E-state index contributed by atoms with van der Waals surface area (Å²) in [7, 11) is -4.25. The fourth-order valence-electron chi connectivity index (χ4n) is 5.11. The number of fused-ring (bicyclic) bond motifs is 3. The number of nitrogens with zero attached hydrogens (tertiary/aromatic N) is 4. The van der Waals surface area contributed by atoms with Crippen molar-refractivity contribution in [3.8, 4) is 11.6 Å². The second-order valence-corrected chi connectivity index (χ2v) is 12.8. The lowest BCUT2D eigenvalue weighted by atomic mass is 9.96. The number of esters is 1. The zero-order valence-corrected chi connectivity index (χ0v) is 25.6. The topological polar surface area (TPSA) is 202 Å². The number of aliphatic hydroxyl groups is 2. The van der Waals surface area contributed by atoms with Crippen LogP contribution in [0.25, 0.3) is 11.2 Å². The van der Waals surface area contributed by atoms with E-state index < -0.39 is 50.4 Å². The summed E-state index contributed by atoms with van der Waals surface area (Å²) in [6.45, 7) is 3.00. The molecule has 2 aliphatic rings. The Bertz CT molecular complexity index is 1470. The van der Waals surface area contributed by atoms with Crippen LogP contribution in [0, 0.1) is 0 Å². The first-order valence-corrected chi connectivity index (χ1v) is 16.2. The maximum Gasteiger partial charge on any atom is 0.459 e. The number of hydrogen-bond donors (Lipinski definition) is 4. The molecule has 0 amide bonds. The number of nitrogens with two attached hydrogens (primary N) is 1. The minimum Gasteiger partial charge on any atom is -0.476 e. The molecular formula is C28H39N6O9P. The maximum absolute atomic E-state index is 13.9. The van der Waals surface area contributed by atoms with Gasteiger partial charge in [0.2, 0.25) is 11.8 Å². The van der Waals surface area contributed by atoms with Crippen LogP contribution in [0.2, 0.25) is 0 Å². The van der Waals surface area contributed by atoms with Crippen LogP contribution in [0.4, 0.5) is 5.95 Å². The molecular weight excluding hydrogens is 595 g/mol. The molecule has 1 fully saturated rings. The highest BCUT2D eigenvalue weighted by Gasteiger charge is 2.54. The third-order valence-electron chi connectivity index (χ3n) is 7.52. The molecule has 0 saturated carbocycles. The van der Waals surface area contributed by atoms with Crippen molar-refractivity contribution in [3.05, 3.63) is 36.7 Å². The molecule has 15 nitrogen and oxygen atoms in total. The standard InChI is InChI=1S/C28H39N6O9P/c1-18-25(36)40-15-11-6-4-3-5-10-14-39-24-21-23(31-27(29)32-24)34(17-30-21)26-28(2,37)22(35)20(42-26)16-41-44(38,33-18)43-19-12-8-7-9-13-19/h7-9,12-13,17-18,20,22,26,35,37H,3-6,10-11,14-16H2,1-2H3,(H,33,38)(H2,29,31,32)/t18-,20-,22-,26-,28-,44?/m1/s1. The summed E-state index contributed by atoms with van der Waals surface area (Å²) in [5, 5.41) is 25.1. The van der Waals surface area contributed by atoms with Crippen molar-refractivity contribution >= 4 is 30.8 Å². The fourth-order valence-corrected chi connectivity index (χ4v) is 6.61. The zero-order valence-electron chi connectivity index (χ0n) is 24.7. The molecule has 1 saturated heterocycles. The number of aliphatic hydroxyl groups excluding tert-OH is 1. The molecule has 16 heteroatoms. The molecule has 1 aromatic carbocycles. The molecule has 3 aromatic rings. The molecule has 6 atom stereocenters. The highest BCUT2D eigenvalue weighted by atomic mass is 31.2. The van der Waals surface area contributed by atoms with E-state index in [2.05, 4.69) is 20.0 Å². The molecule has 5 N–H and O–H groups in total. The zero-order chi connectivity index (χ0) is 31.3. The number of ether oxygens (including phenoxy) is 3. The van der Waals surface area contributed by atoms with Gasteiger partial charge in [0.05, 0.1) is 26.1 Å². The number of anilines is 1. The normalized spacial score (nSPS) is 31.3. The highest BCUT2D eigenvalue weighted by Crippen LogP contribution is 2.47. The predicted molar refractivity (Wildman–Crippen MR) is 158 cm³/mol. The van der Waals surface area contributed by atoms with E-state index in [1.165, 1.54) is 24.7 Å². The van der Waals surface area contributed by atoms with E-state index in [0.717, 1.165) is 32.1 Å². The summed E-state index contributed by atoms with van der Waals surface area (Å²) in [6.07, 6.45) is 2.71. The van der Waals surface area contributed by atoms with Crippen molar-refractivity contribution in [2.24, 2.45) is 0 Å². The quantitative estimate of drug-likeness (QED) is 0.237. The first kappa shape index (κ1) is 32.1. The lowest BCUT2D eigenvalue weighted by molar-refractivity contribution is -0.145. The molecule has 240 valence electrons. The Hall–Kier alpha value is -3.33. The van der Waals surface area contributed by atoms with Gasteiger partial charge in [-0.3, -0.25) is 13.9 Å². The monoisotopic (exact) mass is 634 g/mol. The molecule has 0 radical (unpaired) electrons. The smallest absolute Gasteiger partial charge is 0.459 e. The number of benzene rings is 1.